The summed E-state index contributed by atoms with van der Waals surface area (Å²) in [5, 5.41) is 17.7. The highest BCUT2D eigenvalue weighted by molar-refractivity contribution is 5.75. The third-order valence-corrected chi connectivity index (χ3v) is 1.80. The molecular weight excluding hydrogens is 210 g/mol. The molecule has 1 unspecified atom stereocenters. The van der Waals surface area contributed by atoms with E-state index >= 15 is 0 Å². The number of ether oxygens (including phenoxy) is 1. The molecule has 0 radical (unpaired) electrons. The van der Waals surface area contributed by atoms with Crippen molar-refractivity contribution in [1.29, 1.82) is 0 Å². The highest BCUT2D eigenvalue weighted by Crippen LogP contribution is 2.27. The topological polar surface area (TPSA) is 66.8 Å². The summed E-state index contributed by atoms with van der Waals surface area (Å²) < 4.78 is 30.1. The lowest BCUT2D eigenvalue weighted by Crippen LogP contribution is -2.12. The molecule has 0 aliphatic heterocycles. The molecule has 15 heavy (non-hydrogen) atoms. The molecule has 0 heterocycles. The van der Waals surface area contributed by atoms with Crippen molar-refractivity contribution < 1.29 is 28.5 Å². The van der Waals surface area contributed by atoms with Crippen LogP contribution < -0.4 is 4.74 Å². The first-order valence-corrected chi connectivity index (χ1v) is 3.91. The van der Waals surface area contributed by atoms with E-state index in [2.05, 4.69) is 4.74 Å². The van der Waals surface area contributed by atoms with Crippen LogP contribution >= 0.6 is 0 Å². The molecule has 0 saturated heterocycles. The molecule has 0 aromatic heterocycles. The standard InChI is InChI=1S/C9H8F2O4/c1-15-7-3-6(11)5(10)2-4(7)8(12)9(13)14/h2-3,8,12H,1H3,(H,13,14). The molecule has 2 N–H and O–H groups in total. The summed E-state index contributed by atoms with van der Waals surface area (Å²) in [5.74, 6) is -4.21. The Morgan fingerprint density at radius 2 is 1.93 bits per heavy atom. The number of halogens is 2. The molecule has 1 rings (SSSR count). The number of hydrogen-bond donors (Lipinski definition) is 2. The quantitative estimate of drug-likeness (QED) is 0.796. The maximum Gasteiger partial charge on any atom is 0.337 e. The van der Waals surface area contributed by atoms with Gasteiger partial charge in [0, 0.05) is 11.6 Å². The number of hydrogen-bond acceptors (Lipinski definition) is 3. The van der Waals surface area contributed by atoms with Crippen molar-refractivity contribution in [3.8, 4) is 5.75 Å². The minimum atomic E-state index is -1.95. The average Bonchev–Trinajstić information content (AvgIpc) is 2.20. The van der Waals surface area contributed by atoms with Crippen LogP contribution in [0.4, 0.5) is 8.78 Å². The summed E-state index contributed by atoms with van der Waals surface area (Å²) in [6, 6.07) is 1.27. The van der Waals surface area contributed by atoms with Crippen LogP contribution in [0.25, 0.3) is 0 Å². The van der Waals surface area contributed by atoms with Crippen LogP contribution in [0.2, 0.25) is 0 Å². The molecule has 6 heteroatoms. The predicted octanol–water partition coefficient (Wildman–Crippen LogP) is 1.09. The summed E-state index contributed by atoms with van der Waals surface area (Å²) in [6.07, 6.45) is -1.95. The van der Waals surface area contributed by atoms with E-state index in [1.807, 2.05) is 0 Å². The molecule has 82 valence electrons. The van der Waals surface area contributed by atoms with E-state index in [1.165, 1.54) is 0 Å². The third-order valence-electron chi connectivity index (χ3n) is 1.80. The molecule has 0 amide bonds. The van der Waals surface area contributed by atoms with Crippen LogP contribution in [0.1, 0.15) is 11.7 Å². The summed E-state index contributed by atoms with van der Waals surface area (Å²) in [7, 11) is 1.16. The van der Waals surface area contributed by atoms with Gasteiger partial charge in [-0.25, -0.2) is 13.6 Å². The molecule has 1 aromatic carbocycles. The zero-order valence-electron chi connectivity index (χ0n) is 7.70. The van der Waals surface area contributed by atoms with Gasteiger partial charge in [0.05, 0.1) is 7.11 Å². The number of aliphatic carboxylic acids is 1. The maximum absolute atomic E-state index is 12.8. The van der Waals surface area contributed by atoms with Gasteiger partial charge in [-0.15, -0.1) is 0 Å². The summed E-state index contributed by atoms with van der Waals surface area (Å²) in [4.78, 5) is 10.4. The Kier molecular flexibility index (Phi) is 3.21. The molecular formula is C9H8F2O4. The zero-order chi connectivity index (χ0) is 11.6. The van der Waals surface area contributed by atoms with Crippen LogP contribution in [0.5, 0.6) is 5.75 Å². The molecule has 0 saturated carbocycles. The Morgan fingerprint density at radius 3 is 2.40 bits per heavy atom. The first-order chi connectivity index (χ1) is 6.97. The van der Waals surface area contributed by atoms with Gasteiger partial charge in [0.25, 0.3) is 0 Å². The summed E-state index contributed by atoms with van der Waals surface area (Å²) in [6.45, 7) is 0. The molecule has 0 fully saturated rings. The molecule has 1 aromatic rings. The number of carboxylic acid groups (broad SMARTS) is 1. The fraction of sp³-hybridized carbons (Fsp3) is 0.222. The van der Waals surface area contributed by atoms with E-state index in [0.29, 0.717) is 12.1 Å². The van der Waals surface area contributed by atoms with E-state index in [1.54, 1.807) is 0 Å². The minimum Gasteiger partial charge on any atom is -0.496 e. The highest BCUT2D eigenvalue weighted by atomic mass is 19.2. The number of aliphatic hydroxyl groups excluding tert-OH is 1. The fourth-order valence-electron chi connectivity index (χ4n) is 1.07. The Labute approximate surface area is 83.7 Å². The summed E-state index contributed by atoms with van der Waals surface area (Å²) >= 11 is 0. The Hall–Kier alpha value is -1.69. The van der Waals surface area contributed by atoms with E-state index in [9.17, 15) is 13.6 Å². The molecule has 0 spiro atoms. The van der Waals surface area contributed by atoms with E-state index < -0.39 is 23.7 Å². The van der Waals surface area contributed by atoms with Crippen molar-refractivity contribution in [3.63, 3.8) is 0 Å². The Morgan fingerprint density at radius 1 is 1.40 bits per heavy atom. The minimum absolute atomic E-state index is 0.219. The van der Waals surface area contributed by atoms with Gasteiger partial charge in [0.2, 0.25) is 0 Å². The fourth-order valence-corrected chi connectivity index (χ4v) is 1.07. The van der Waals surface area contributed by atoms with Gasteiger partial charge in [0.15, 0.2) is 17.7 Å². The van der Waals surface area contributed by atoms with Gasteiger partial charge < -0.3 is 14.9 Å². The predicted molar refractivity (Wildman–Crippen MR) is 45.5 cm³/mol. The van der Waals surface area contributed by atoms with Crippen molar-refractivity contribution in [2.24, 2.45) is 0 Å². The van der Waals surface area contributed by atoms with E-state index in [-0.39, 0.29) is 11.3 Å². The first-order valence-electron chi connectivity index (χ1n) is 3.91. The van der Waals surface area contributed by atoms with Crippen LogP contribution in [-0.2, 0) is 4.79 Å². The zero-order valence-corrected chi connectivity index (χ0v) is 7.70. The number of methoxy groups -OCH3 is 1. The lowest BCUT2D eigenvalue weighted by Gasteiger charge is -2.11. The second kappa shape index (κ2) is 4.22. The van der Waals surface area contributed by atoms with Gasteiger partial charge >= 0.3 is 5.97 Å². The first kappa shape index (κ1) is 11.4. The molecule has 1 atom stereocenters. The molecule has 0 bridgehead atoms. The van der Waals surface area contributed by atoms with Crippen molar-refractivity contribution >= 4 is 5.97 Å². The largest absolute Gasteiger partial charge is 0.496 e. The lowest BCUT2D eigenvalue weighted by atomic mass is 10.1. The highest BCUT2D eigenvalue weighted by Gasteiger charge is 2.22. The number of carboxylic acids is 1. The number of carbonyl (C=O) groups is 1. The molecule has 0 aliphatic carbocycles. The van der Waals surface area contributed by atoms with Crippen LogP contribution in [0.15, 0.2) is 12.1 Å². The van der Waals surface area contributed by atoms with Crippen LogP contribution in [0.3, 0.4) is 0 Å². The Bertz CT molecular complexity index is 392. The average molecular weight is 218 g/mol. The smallest absolute Gasteiger partial charge is 0.337 e. The van der Waals surface area contributed by atoms with Gasteiger partial charge in [0.1, 0.15) is 5.75 Å². The second-order valence-corrected chi connectivity index (χ2v) is 2.75. The van der Waals surface area contributed by atoms with Crippen LogP contribution in [-0.4, -0.2) is 23.3 Å². The van der Waals surface area contributed by atoms with Crippen molar-refractivity contribution in [2.45, 2.75) is 6.10 Å². The van der Waals surface area contributed by atoms with Gasteiger partial charge in [-0.05, 0) is 6.07 Å². The van der Waals surface area contributed by atoms with Gasteiger partial charge in [-0.1, -0.05) is 0 Å². The normalized spacial score (nSPS) is 12.3. The second-order valence-electron chi connectivity index (χ2n) is 2.75. The van der Waals surface area contributed by atoms with Crippen molar-refractivity contribution in [1.82, 2.24) is 0 Å². The van der Waals surface area contributed by atoms with Crippen molar-refractivity contribution in [3.05, 3.63) is 29.3 Å². The third kappa shape index (κ3) is 2.21. The number of aliphatic hydroxyl groups is 1. The van der Waals surface area contributed by atoms with E-state index in [0.717, 1.165) is 7.11 Å². The van der Waals surface area contributed by atoms with Crippen molar-refractivity contribution in [2.75, 3.05) is 7.11 Å². The van der Waals surface area contributed by atoms with E-state index in [4.69, 9.17) is 10.2 Å². The number of rotatable bonds is 3. The monoisotopic (exact) mass is 218 g/mol. The molecule has 0 aliphatic rings. The summed E-state index contributed by atoms with van der Waals surface area (Å²) in [5.41, 5.74) is -0.330. The maximum atomic E-state index is 12.8. The SMILES string of the molecule is COc1cc(F)c(F)cc1C(O)C(=O)O. The number of benzene rings is 1. The van der Waals surface area contributed by atoms with Crippen LogP contribution in [0, 0.1) is 11.6 Å². The lowest BCUT2D eigenvalue weighted by molar-refractivity contribution is -0.147. The molecule has 4 nitrogen and oxygen atoms in total. The van der Waals surface area contributed by atoms with Gasteiger partial charge in [-0.2, -0.15) is 0 Å². The van der Waals surface area contributed by atoms with Gasteiger partial charge in [-0.3, -0.25) is 0 Å². The Balaban J connectivity index is 3.27.